The van der Waals surface area contributed by atoms with Crippen molar-refractivity contribution in [1.29, 1.82) is 0 Å². The zero-order valence-corrected chi connectivity index (χ0v) is 11.9. The first kappa shape index (κ1) is 13.0. The average molecular weight is 304 g/mol. The molecule has 0 saturated heterocycles. The summed E-state index contributed by atoms with van der Waals surface area (Å²) in [4.78, 5) is 4.30. The Hall–Kier alpha value is -1.97. The van der Waals surface area contributed by atoms with E-state index in [4.69, 9.17) is 28.9 Å². The summed E-state index contributed by atoms with van der Waals surface area (Å²) in [5, 5.41) is 5.29. The first-order valence-electron chi connectivity index (χ1n) is 6.01. The first-order chi connectivity index (χ1) is 9.66. The van der Waals surface area contributed by atoms with Crippen molar-refractivity contribution in [1.82, 2.24) is 4.98 Å². The van der Waals surface area contributed by atoms with Crippen LogP contribution in [0.3, 0.4) is 0 Å². The summed E-state index contributed by atoms with van der Waals surface area (Å²) < 4.78 is 0. The normalized spacial score (nSPS) is 10.7. The average Bonchev–Trinajstić information content (AvgIpc) is 2.46. The molecule has 3 aromatic rings. The molecular weight excluding hydrogens is 293 g/mol. The molecular formula is C15H11Cl2N3. The molecule has 3 N–H and O–H groups in total. The molecule has 5 heteroatoms. The number of fused-ring (bicyclic) bond motifs is 1. The molecule has 1 aromatic heterocycles. The van der Waals surface area contributed by atoms with Gasteiger partial charge in [0.25, 0.3) is 0 Å². The summed E-state index contributed by atoms with van der Waals surface area (Å²) in [5.74, 6) is 0. The highest BCUT2D eigenvalue weighted by Gasteiger charge is 2.09. The molecule has 0 aliphatic rings. The zero-order chi connectivity index (χ0) is 14.1. The fourth-order valence-electron chi connectivity index (χ4n) is 2.06. The van der Waals surface area contributed by atoms with Gasteiger partial charge in [-0.1, -0.05) is 29.3 Å². The van der Waals surface area contributed by atoms with Gasteiger partial charge in [-0.2, -0.15) is 0 Å². The Labute approximate surface area is 126 Å². The Kier molecular flexibility index (Phi) is 3.38. The lowest BCUT2D eigenvalue weighted by atomic mass is 10.1. The maximum atomic E-state index is 6.17. The monoisotopic (exact) mass is 303 g/mol. The molecule has 0 spiro atoms. The molecule has 0 amide bonds. The third kappa shape index (κ3) is 2.26. The smallest absolute Gasteiger partial charge is 0.0951 e. The minimum absolute atomic E-state index is 0.561. The van der Waals surface area contributed by atoms with Crippen molar-refractivity contribution in [2.24, 2.45) is 0 Å². The van der Waals surface area contributed by atoms with Crippen molar-refractivity contribution in [3.05, 3.63) is 58.7 Å². The Morgan fingerprint density at radius 3 is 2.45 bits per heavy atom. The fourth-order valence-corrected chi connectivity index (χ4v) is 2.55. The summed E-state index contributed by atoms with van der Waals surface area (Å²) in [5.41, 5.74) is 8.85. The standard InChI is InChI=1S/C15H11Cl2N3/c16-10-4-1-5-11(17)15(10)20-13-7-6-12(18)14-9(13)3-2-8-19-14/h1-8,20H,18H2. The third-order valence-electron chi connectivity index (χ3n) is 3.02. The number of pyridine rings is 1. The van der Waals surface area contributed by atoms with Crippen molar-refractivity contribution in [2.45, 2.75) is 0 Å². The molecule has 3 rings (SSSR count). The van der Waals surface area contributed by atoms with Crippen LogP contribution in [0.4, 0.5) is 17.1 Å². The van der Waals surface area contributed by atoms with Crippen LogP contribution in [-0.2, 0) is 0 Å². The van der Waals surface area contributed by atoms with Crippen LogP contribution in [-0.4, -0.2) is 4.98 Å². The number of anilines is 3. The van der Waals surface area contributed by atoms with Gasteiger partial charge in [0, 0.05) is 17.3 Å². The number of rotatable bonds is 2. The van der Waals surface area contributed by atoms with Crippen LogP contribution in [0.15, 0.2) is 48.7 Å². The van der Waals surface area contributed by atoms with E-state index < -0.39 is 0 Å². The molecule has 0 radical (unpaired) electrons. The number of hydrogen-bond acceptors (Lipinski definition) is 3. The topological polar surface area (TPSA) is 50.9 Å². The summed E-state index contributed by atoms with van der Waals surface area (Å²) in [6, 6.07) is 12.9. The number of benzene rings is 2. The van der Waals surface area contributed by atoms with Crippen molar-refractivity contribution in [2.75, 3.05) is 11.1 Å². The van der Waals surface area contributed by atoms with E-state index in [0.717, 1.165) is 16.6 Å². The number of nitrogens with two attached hydrogens (primary N) is 1. The summed E-state index contributed by atoms with van der Waals surface area (Å²) >= 11 is 12.3. The molecule has 0 bridgehead atoms. The molecule has 20 heavy (non-hydrogen) atoms. The second-order valence-corrected chi connectivity index (χ2v) is 5.14. The Morgan fingerprint density at radius 1 is 0.950 bits per heavy atom. The quantitative estimate of drug-likeness (QED) is 0.664. The first-order valence-corrected chi connectivity index (χ1v) is 6.76. The molecule has 100 valence electrons. The molecule has 1 heterocycles. The minimum Gasteiger partial charge on any atom is -0.397 e. The second-order valence-electron chi connectivity index (χ2n) is 4.32. The highest BCUT2D eigenvalue weighted by molar-refractivity contribution is 6.39. The van der Waals surface area contributed by atoms with E-state index in [0.29, 0.717) is 21.4 Å². The number of aromatic nitrogens is 1. The van der Waals surface area contributed by atoms with Gasteiger partial charge >= 0.3 is 0 Å². The lowest BCUT2D eigenvalue weighted by Gasteiger charge is -2.13. The lowest BCUT2D eigenvalue weighted by molar-refractivity contribution is 1.41. The Bertz CT molecular complexity index is 767. The van der Waals surface area contributed by atoms with Gasteiger partial charge in [-0.25, -0.2) is 0 Å². The molecule has 0 aliphatic heterocycles. The number of nitrogens with one attached hydrogen (secondary N) is 1. The van der Waals surface area contributed by atoms with Gasteiger partial charge in [0.15, 0.2) is 0 Å². The van der Waals surface area contributed by atoms with Crippen molar-refractivity contribution < 1.29 is 0 Å². The number of para-hydroxylation sites is 1. The van der Waals surface area contributed by atoms with Crippen LogP contribution >= 0.6 is 23.2 Å². The molecule has 3 nitrogen and oxygen atoms in total. The summed E-state index contributed by atoms with van der Waals surface area (Å²) in [6.07, 6.45) is 1.71. The SMILES string of the molecule is Nc1ccc(Nc2c(Cl)cccc2Cl)c2cccnc12. The predicted octanol–water partition coefficient (Wildman–Crippen LogP) is 4.87. The van der Waals surface area contributed by atoms with Crippen LogP contribution < -0.4 is 11.1 Å². The van der Waals surface area contributed by atoms with Crippen LogP contribution in [0.2, 0.25) is 10.0 Å². The summed E-state index contributed by atoms with van der Waals surface area (Å²) in [6.45, 7) is 0. The van der Waals surface area contributed by atoms with Gasteiger partial charge in [0.05, 0.1) is 26.9 Å². The largest absolute Gasteiger partial charge is 0.397 e. The van der Waals surface area contributed by atoms with Crippen LogP contribution in [0, 0.1) is 0 Å². The van der Waals surface area contributed by atoms with Gasteiger partial charge < -0.3 is 11.1 Å². The van der Waals surface area contributed by atoms with E-state index in [1.54, 1.807) is 24.4 Å². The number of hydrogen-bond donors (Lipinski definition) is 2. The molecule has 0 aliphatic carbocycles. The van der Waals surface area contributed by atoms with Gasteiger partial charge in [-0.3, -0.25) is 4.98 Å². The Morgan fingerprint density at radius 2 is 1.70 bits per heavy atom. The van der Waals surface area contributed by atoms with Crippen molar-refractivity contribution >= 4 is 51.2 Å². The molecule has 0 fully saturated rings. The van der Waals surface area contributed by atoms with Crippen molar-refractivity contribution in [3.8, 4) is 0 Å². The molecule has 0 atom stereocenters. The van der Waals surface area contributed by atoms with E-state index in [1.165, 1.54) is 0 Å². The fraction of sp³-hybridized carbons (Fsp3) is 0. The molecule has 0 unspecified atom stereocenters. The van der Waals surface area contributed by atoms with Crippen LogP contribution in [0.1, 0.15) is 0 Å². The second kappa shape index (κ2) is 5.19. The van der Waals surface area contributed by atoms with Crippen LogP contribution in [0.5, 0.6) is 0 Å². The van der Waals surface area contributed by atoms with E-state index >= 15 is 0 Å². The van der Waals surface area contributed by atoms with Gasteiger partial charge in [-0.05, 0) is 36.4 Å². The number of nitrogen functional groups attached to an aromatic ring is 1. The molecule has 0 saturated carbocycles. The van der Waals surface area contributed by atoms with E-state index in [9.17, 15) is 0 Å². The maximum absolute atomic E-state index is 6.17. The zero-order valence-electron chi connectivity index (χ0n) is 10.4. The van der Waals surface area contributed by atoms with Crippen LogP contribution in [0.25, 0.3) is 10.9 Å². The highest BCUT2D eigenvalue weighted by atomic mass is 35.5. The van der Waals surface area contributed by atoms with E-state index in [2.05, 4.69) is 10.3 Å². The van der Waals surface area contributed by atoms with E-state index in [1.807, 2.05) is 24.3 Å². The van der Waals surface area contributed by atoms with Gasteiger partial charge in [0.1, 0.15) is 0 Å². The maximum Gasteiger partial charge on any atom is 0.0951 e. The van der Waals surface area contributed by atoms with Gasteiger partial charge in [-0.15, -0.1) is 0 Å². The molecule has 2 aromatic carbocycles. The van der Waals surface area contributed by atoms with Gasteiger partial charge in [0.2, 0.25) is 0 Å². The lowest BCUT2D eigenvalue weighted by Crippen LogP contribution is -1.96. The highest BCUT2D eigenvalue weighted by Crippen LogP contribution is 2.35. The predicted molar refractivity (Wildman–Crippen MR) is 85.9 cm³/mol. The van der Waals surface area contributed by atoms with Crippen molar-refractivity contribution in [3.63, 3.8) is 0 Å². The van der Waals surface area contributed by atoms with E-state index in [-0.39, 0.29) is 0 Å². The minimum atomic E-state index is 0.561. The third-order valence-corrected chi connectivity index (χ3v) is 3.65. The summed E-state index contributed by atoms with van der Waals surface area (Å²) in [7, 11) is 0. The number of halogens is 2. The Balaban J connectivity index is 2.14. The number of nitrogens with zero attached hydrogens (tertiary/aromatic N) is 1.